The fourth-order valence-corrected chi connectivity index (χ4v) is 26.7. The molecular weight excluding hydrogens is 919 g/mol. The predicted molar refractivity (Wildman–Crippen MR) is 322 cm³/mol. The molecular formula is C74H27NO. The van der Waals surface area contributed by atoms with E-state index in [9.17, 15) is 0 Å². The Morgan fingerprint density at radius 1 is 0.250 bits per heavy atom. The minimum Gasteiger partial charge on any atom is -0.356 e. The van der Waals surface area contributed by atoms with Crippen molar-refractivity contribution in [3.8, 4) is 0 Å². The van der Waals surface area contributed by atoms with Crippen LogP contribution in [0.25, 0.3) is 291 Å². The van der Waals surface area contributed by atoms with Gasteiger partial charge in [0.15, 0.2) is 0 Å². The van der Waals surface area contributed by atoms with Gasteiger partial charge in [-0.3, -0.25) is 4.79 Å². The zero-order valence-corrected chi connectivity index (χ0v) is 40.8. The molecule has 0 radical (unpaired) electrons. The average Bonchev–Trinajstić information content (AvgIpc) is 1.46. The normalized spacial score (nSPS) is 22.4. The first-order valence-corrected chi connectivity index (χ1v) is 29.9. The summed E-state index contributed by atoms with van der Waals surface area (Å²) in [5.41, 5.74) is 5.65. The number of carbonyl (C=O) groups is 1. The summed E-state index contributed by atoms with van der Waals surface area (Å²) in [4.78, 5) is 16.6. The molecule has 0 bridgehead atoms. The Kier molecular flexibility index (Phi) is 3.10. The van der Waals surface area contributed by atoms with Gasteiger partial charge >= 0.3 is 0 Å². The lowest BCUT2D eigenvalue weighted by Gasteiger charge is -2.32. The van der Waals surface area contributed by atoms with E-state index in [-0.39, 0.29) is 5.92 Å². The van der Waals surface area contributed by atoms with Gasteiger partial charge in [-0.25, -0.2) is 0 Å². The quantitative estimate of drug-likeness (QED) is 0.0960. The highest BCUT2D eigenvalue weighted by atomic mass is 16.2. The van der Waals surface area contributed by atoms with Gasteiger partial charge in [0.05, 0.1) is 16.7 Å². The summed E-state index contributed by atoms with van der Waals surface area (Å²) in [5, 5.41) is 91.5. The lowest BCUT2D eigenvalue weighted by Crippen LogP contribution is -2.29. The number of benzene rings is 18. The number of nitrogens with one attached hydrogen (secondary N) is 1. The minimum absolute atomic E-state index is 0.170. The van der Waals surface area contributed by atoms with E-state index >= 15 is 4.79 Å². The molecule has 76 heavy (non-hydrogen) atoms. The standard InChI is InChI=1S/C74H27NO/c1-2-3-4-5-6-7-8-9-10-11-12-75-72(76)71-73-67-59-51-41-31-23-15-13-14-17-21-19(15)27-35-29(21)39-33-25(17)26-18(14)22-20-16(13)24(23)32-38-28(20)36-30(22)40-34(26)44-43(33)53-47(39)57-49(35)55(45(51)37(27)31)63(67)65(57)69-61(53)62-54(44)48(40)58-50(36)56-46(38)52(42(32)41)60(59)68(73)64(56)66(58)70(62)74(69,71)73/h71H,2-12H2,1H3,(H,75,76). The van der Waals surface area contributed by atoms with E-state index in [0.29, 0.717) is 5.91 Å². The average molecular weight is 946 g/mol. The van der Waals surface area contributed by atoms with Crippen LogP contribution in [0.2, 0.25) is 0 Å². The van der Waals surface area contributed by atoms with E-state index in [1.165, 1.54) is 57.8 Å². The Balaban J connectivity index is 0.904. The van der Waals surface area contributed by atoms with Crippen molar-refractivity contribution in [1.29, 1.82) is 0 Å². The molecule has 334 valence electrons. The van der Waals surface area contributed by atoms with Crippen LogP contribution in [0.5, 0.6) is 0 Å². The van der Waals surface area contributed by atoms with Gasteiger partial charge in [-0.15, -0.1) is 0 Å². The number of carbonyl (C=O) groups excluding carboxylic acids is 1. The third kappa shape index (κ3) is 1.81. The minimum atomic E-state index is -0.430. The Hall–Kier alpha value is -8.07. The van der Waals surface area contributed by atoms with Crippen molar-refractivity contribution in [1.82, 2.24) is 5.32 Å². The van der Waals surface area contributed by atoms with Crippen molar-refractivity contribution in [3.05, 3.63) is 22.3 Å². The summed E-state index contributed by atoms with van der Waals surface area (Å²) in [6.07, 6.45) is 13.1. The molecule has 1 amide bonds. The van der Waals surface area contributed by atoms with Gasteiger partial charge in [0.2, 0.25) is 5.91 Å². The largest absolute Gasteiger partial charge is 0.356 e. The predicted octanol–water partition coefficient (Wildman–Crippen LogP) is 20.0. The number of unbranched alkanes of at least 4 members (excludes halogenated alkanes) is 9. The smallest absolute Gasteiger partial charge is 0.225 e. The van der Waals surface area contributed by atoms with Crippen molar-refractivity contribution in [2.45, 2.75) is 82.0 Å². The SMILES string of the molecule is CCCCCCCCCCCCNC(=O)C1C23c4c5c6c7c8c9c(c%10c%11c2c2c4c4c%12c5c5c6c6c8c8c%13c9c9c%10c%10c%11c%11c2c2c4c4c%12c%12c5c5c6c8c6c8c%13c9c9c%10c%10c%11c2c2c4c4c%12c5c6c5c8c9c%10c2c45)C713. The summed E-state index contributed by atoms with van der Waals surface area (Å²) in [5.74, 6) is 0.183. The fraction of sp³-hybridized carbons (Fsp3) is 0.203. The van der Waals surface area contributed by atoms with Crippen molar-refractivity contribution in [2.75, 3.05) is 6.54 Å². The lowest BCUT2D eigenvalue weighted by molar-refractivity contribution is -0.122. The summed E-state index contributed by atoms with van der Waals surface area (Å²) in [7, 11) is 0. The molecule has 2 nitrogen and oxygen atoms in total. The van der Waals surface area contributed by atoms with Crippen molar-refractivity contribution in [3.63, 3.8) is 0 Å². The zero-order valence-electron chi connectivity index (χ0n) is 40.8. The molecule has 1 N–H and O–H groups in total. The maximum Gasteiger partial charge on any atom is 0.225 e. The molecule has 2 spiro atoms. The highest BCUT2D eigenvalue weighted by Gasteiger charge is 2.88. The molecule has 28 aromatic rings. The summed E-state index contributed by atoms with van der Waals surface area (Å²) in [6.45, 7) is 3.10. The molecule has 5 aliphatic carbocycles. The van der Waals surface area contributed by atoms with Crippen molar-refractivity contribution in [2.24, 2.45) is 5.92 Å². The third-order valence-corrected chi connectivity index (χ3v) is 27.3. The van der Waals surface area contributed by atoms with Gasteiger partial charge < -0.3 is 5.32 Å². The highest BCUT2D eigenvalue weighted by molar-refractivity contribution is 6.82. The molecule has 0 heterocycles. The van der Waals surface area contributed by atoms with Crippen LogP contribution in [-0.4, -0.2) is 12.5 Å². The topological polar surface area (TPSA) is 29.1 Å². The van der Waals surface area contributed by atoms with E-state index in [1.54, 1.807) is 313 Å². The second-order valence-electron chi connectivity index (χ2n) is 28.3. The lowest BCUT2D eigenvalue weighted by atomic mass is 9.68. The molecule has 28 aromatic carbocycles. The number of hydrogen-bond acceptors (Lipinski definition) is 1. The molecule has 0 aromatic heterocycles. The molecule has 0 aliphatic heterocycles. The molecule has 0 saturated heterocycles. The summed E-state index contributed by atoms with van der Waals surface area (Å²) >= 11 is 0. The van der Waals surface area contributed by atoms with Gasteiger partial charge in [-0.2, -0.15) is 0 Å². The van der Waals surface area contributed by atoms with Gasteiger partial charge in [0.1, 0.15) is 0 Å². The Labute approximate surface area is 421 Å². The van der Waals surface area contributed by atoms with Crippen LogP contribution in [-0.2, 0) is 15.6 Å². The molecule has 1 fully saturated rings. The second kappa shape index (κ2) is 7.58. The first kappa shape index (κ1) is 31.1. The van der Waals surface area contributed by atoms with Crippen molar-refractivity contribution < 1.29 is 4.79 Å². The van der Waals surface area contributed by atoms with Crippen LogP contribution in [0.15, 0.2) is 0 Å². The highest BCUT2D eigenvalue weighted by Crippen LogP contribution is 2.92. The molecule has 33 rings (SSSR count). The summed E-state index contributed by atoms with van der Waals surface area (Å²) in [6, 6.07) is 0. The second-order valence-corrected chi connectivity index (χ2v) is 28.3. The van der Waals surface area contributed by atoms with E-state index in [2.05, 4.69) is 12.2 Å². The van der Waals surface area contributed by atoms with E-state index < -0.39 is 10.8 Å². The molecule has 1 saturated carbocycles. The van der Waals surface area contributed by atoms with Crippen molar-refractivity contribution >= 4 is 297 Å². The number of hydrogen-bond donors (Lipinski definition) is 1. The first-order chi connectivity index (χ1) is 37.8. The maximum atomic E-state index is 16.6. The van der Waals surface area contributed by atoms with Crippen LogP contribution in [0, 0.1) is 5.92 Å². The van der Waals surface area contributed by atoms with Gasteiger partial charge in [0.25, 0.3) is 0 Å². The number of amides is 1. The van der Waals surface area contributed by atoms with E-state index in [0.717, 1.165) is 13.0 Å². The zero-order chi connectivity index (χ0) is 46.1. The monoisotopic (exact) mass is 945 g/mol. The van der Waals surface area contributed by atoms with Crippen LogP contribution in [0.4, 0.5) is 0 Å². The van der Waals surface area contributed by atoms with Crippen LogP contribution < -0.4 is 5.32 Å². The van der Waals surface area contributed by atoms with E-state index in [1.807, 2.05) is 0 Å². The Bertz CT molecular complexity index is 6710. The molecule has 2 heteroatoms. The maximum absolute atomic E-state index is 16.6. The van der Waals surface area contributed by atoms with Crippen LogP contribution >= 0.6 is 0 Å². The number of rotatable bonds is 12. The van der Waals surface area contributed by atoms with Gasteiger partial charge in [0, 0.05) is 6.54 Å². The Morgan fingerprint density at radius 2 is 0.408 bits per heavy atom. The molecule has 5 aliphatic rings. The molecule has 0 atom stereocenters. The molecule has 0 unspecified atom stereocenters. The van der Waals surface area contributed by atoms with Crippen LogP contribution in [0.3, 0.4) is 0 Å². The van der Waals surface area contributed by atoms with Gasteiger partial charge in [-0.05, 0) is 320 Å². The summed E-state index contributed by atoms with van der Waals surface area (Å²) < 4.78 is 0. The van der Waals surface area contributed by atoms with E-state index in [4.69, 9.17) is 0 Å². The van der Waals surface area contributed by atoms with Crippen LogP contribution in [0.1, 0.15) is 93.4 Å². The fourth-order valence-electron chi connectivity index (χ4n) is 26.7. The van der Waals surface area contributed by atoms with Gasteiger partial charge in [-0.1, -0.05) is 64.7 Å². The first-order valence-electron chi connectivity index (χ1n) is 29.9. The Morgan fingerprint density at radius 3 is 0.592 bits per heavy atom. The third-order valence-electron chi connectivity index (χ3n) is 27.3.